The van der Waals surface area contributed by atoms with Gasteiger partial charge < -0.3 is 9.80 Å². The molecule has 2 nitrogen and oxygen atoms in total. The number of anilines is 6. The molecule has 16 rings (SSSR count). The van der Waals surface area contributed by atoms with E-state index in [1.807, 2.05) is 0 Å². The maximum Gasteiger partial charge on any atom is 0.0713 e. The molecule has 0 fully saturated rings. The van der Waals surface area contributed by atoms with E-state index in [0.29, 0.717) is 0 Å². The molecule has 0 amide bonds. The molecule has 0 heterocycles. The molecule has 0 saturated carbocycles. The molecule has 570 valence electrons. The summed E-state index contributed by atoms with van der Waals surface area (Å²) in [5, 5.41) is 0. The van der Waals surface area contributed by atoms with Gasteiger partial charge in [0.25, 0.3) is 0 Å². The first-order valence-corrected chi connectivity index (χ1v) is 40.7. The minimum Gasteiger partial charge on any atom is -0.310 e. The molecule has 0 spiro atoms. The van der Waals surface area contributed by atoms with Crippen molar-refractivity contribution in [2.75, 3.05) is 9.80 Å². The van der Waals surface area contributed by atoms with Gasteiger partial charge in [-0.2, -0.15) is 0 Å². The number of nitrogens with zero attached hydrogens (tertiary/aromatic N) is 2. The zero-order valence-electron chi connectivity index (χ0n) is 72.1. The van der Waals surface area contributed by atoms with E-state index < -0.39 is 0 Å². The quantitative estimate of drug-likeness (QED) is 0.150. The van der Waals surface area contributed by atoms with Crippen molar-refractivity contribution in [2.24, 2.45) is 0 Å². The number of hydrogen-bond acceptors (Lipinski definition) is 2. The molecule has 3 aliphatic rings. The predicted octanol–water partition coefficient (Wildman–Crippen LogP) is 30.5. The standard InChI is InChI=1S/C44H52N2.C29H26.C20H24.C17H18/c1-29-13-17-37(18-14-29)45(41-31(3)25-35(26-32(41)4)43(7,8)9)39-21-23-40(24-22-39)46(38-19-15-30(2)16-20-38)42-33(5)27-36(28-34(42)6)44(10,11)12;1-19-5-11-23(12-6-19)29(24-13-7-20(2)8-14-24)27-17-21(3)9-15-25(27)26-16-10-22(4)18-28(26)29;1-13-7-9-15-16-10-8-14(2)12-18(16)20(5,6)19(3,4)17(15)11-13;1-11-5-7-13-14-8-6-12(2)10-16(14)17(3,4)15(13)9-11/h13-28H,1-12H3;5-18H,1-4H3;7-12H,1-6H3;5-10H,1-4H3. The monoisotopic (exact) mass is 1470 g/mol. The molecule has 2 heteroatoms. The van der Waals surface area contributed by atoms with E-state index in [2.05, 4.69) is 445 Å². The van der Waals surface area contributed by atoms with Crippen molar-refractivity contribution in [3.63, 3.8) is 0 Å². The van der Waals surface area contributed by atoms with Gasteiger partial charge in [0, 0.05) is 28.2 Å². The Kier molecular flexibility index (Phi) is 21.4. The van der Waals surface area contributed by atoms with E-state index >= 15 is 0 Å². The molecule has 0 bridgehead atoms. The van der Waals surface area contributed by atoms with Gasteiger partial charge >= 0.3 is 0 Å². The van der Waals surface area contributed by atoms with Crippen LogP contribution in [0.1, 0.15) is 217 Å². The van der Waals surface area contributed by atoms with Gasteiger partial charge in [0.1, 0.15) is 0 Å². The minimum atomic E-state index is -0.288. The lowest BCUT2D eigenvalue weighted by Crippen LogP contribution is -2.43. The highest BCUT2D eigenvalue weighted by atomic mass is 15.2. The third-order valence-electron chi connectivity index (χ3n) is 25.1. The van der Waals surface area contributed by atoms with Crippen molar-refractivity contribution in [3.8, 4) is 33.4 Å². The Morgan fingerprint density at radius 3 is 0.661 bits per heavy atom. The minimum absolute atomic E-state index is 0.0885. The number of fused-ring (bicyclic) bond motifs is 9. The Labute approximate surface area is 673 Å². The highest BCUT2D eigenvalue weighted by Gasteiger charge is 2.48. The Morgan fingerprint density at radius 2 is 0.411 bits per heavy atom. The zero-order chi connectivity index (χ0) is 80.6. The average Bonchev–Trinajstić information content (AvgIpc) is 1.34. The second kappa shape index (κ2) is 30.2. The van der Waals surface area contributed by atoms with Gasteiger partial charge in [-0.3, -0.25) is 0 Å². The lowest BCUT2D eigenvalue weighted by molar-refractivity contribution is 0.299. The number of hydrogen-bond donors (Lipinski definition) is 0. The van der Waals surface area contributed by atoms with E-state index in [4.69, 9.17) is 0 Å². The normalized spacial score (nSPS) is 14.1. The van der Waals surface area contributed by atoms with Crippen molar-refractivity contribution in [1.29, 1.82) is 0 Å². The molecule has 0 N–H and O–H groups in total. The van der Waals surface area contributed by atoms with E-state index in [0.717, 1.165) is 22.7 Å². The first-order chi connectivity index (χ1) is 52.8. The third kappa shape index (κ3) is 14.9. The van der Waals surface area contributed by atoms with Gasteiger partial charge in [0.2, 0.25) is 0 Å². The van der Waals surface area contributed by atoms with Crippen molar-refractivity contribution in [1.82, 2.24) is 0 Å². The molecular weight excluding hydrogens is 1350 g/mol. The van der Waals surface area contributed by atoms with Crippen LogP contribution in [0.3, 0.4) is 0 Å². The molecule has 0 aliphatic heterocycles. The van der Waals surface area contributed by atoms with Crippen LogP contribution in [0.4, 0.5) is 34.1 Å². The van der Waals surface area contributed by atoms with Crippen molar-refractivity contribution < 1.29 is 0 Å². The van der Waals surface area contributed by atoms with Crippen LogP contribution >= 0.6 is 0 Å². The Hall–Kier alpha value is -10.5. The lowest BCUT2D eigenvalue weighted by atomic mass is 9.55. The third-order valence-corrected chi connectivity index (χ3v) is 25.1. The molecule has 13 aromatic rings. The largest absolute Gasteiger partial charge is 0.310 e. The smallest absolute Gasteiger partial charge is 0.0713 e. The number of rotatable bonds is 8. The van der Waals surface area contributed by atoms with Crippen LogP contribution in [0.25, 0.3) is 33.4 Å². The molecule has 0 saturated heterocycles. The first-order valence-electron chi connectivity index (χ1n) is 40.7. The van der Waals surface area contributed by atoms with Crippen LogP contribution in [0, 0.1) is 96.9 Å². The summed E-state index contributed by atoms with van der Waals surface area (Å²) in [7, 11) is 0. The van der Waals surface area contributed by atoms with Gasteiger partial charge in [-0.05, 0) is 278 Å². The molecule has 0 unspecified atom stereocenters. The summed E-state index contributed by atoms with van der Waals surface area (Å²) in [6.07, 6.45) is 0. The first kappa shape index (κ1) is 79.5. The van der Waals surface area contributed by atoms with Crippen LogP contribution in [0.5, 0.6) is 0 Å². The van der Waals surface area contributed by atoms with Crippen LogP contribution in [0.2, 0.25) is 0 Å². The van der Waals surface area contributed by atoms with Crippen LogP contribution < -0.4 is 9.80 Å². The highest BCUT2D eigenvalue weighted by Crippen LogP contribution is 2.58. The summed E-state index contributed by atoms with van der Waals surface area (Å²) < 4.78 is 0. The summed E-state index contributed by atoms with van der Waals surface area (Å²) in [6, 6.07) is 95.9. The summed E-state index contributed by atoms with van der Waals surface area (Å²) in [4.78, 5) is 4.84. The maximum atomic E-state index is 2.42. The Balaban J connectivity index is 0.000000141. The summed E-state index contributed by atoms with van der Waals surface area (Å²) in [6.45, 7) is 58.7. The number of benzene rings is 13. The number of aryl methyl sites for hydroxylation is 14. The SMILES string of the molecule is Cc1ccc(C2(c3ccc(C)cc3)c3cc(C)ccc3-c3ccc(C)cc32)cc1.Cc1ccc(N(c2ccc(N(c3ccc(C)cc3)c3c(C)cc(C(C)(C)C)cc3C)cc2)c2c(C)cc(C(C)(C)C)cc2C)cc1.Cc1ccc2c(c1)C(C)(C)C(C)(C)c1cc(C)ccc1-2.Cc1ccc2c(c1)C(C)(C)c1cc(C)ccc1-2. The average molecular weight is 1470 g/mol. The molecule has 112 heavy (non-hydrogen) atoms. The fourth-order valence-electron chi connectivity index (χ4n) is 17.8. The van der Waals surface area contributed by atoms with Crippen LogP contribution in [0.15, 0.2) is 255 Å². The topological polar surface area (TPSA) is 6.48 Å². The van der Waals surface area contributed by atoms with Gasteiger partial charge in [-0.15, -0.1) is 0 Å². The Morgan fingerprint density at radius 1 is 0.214 bits per heavy atom. The summed E-state index contributed by atoms with van der Waals surface area (Å²) in [5.41, 5.74) is 48.1. The summed E-state index contributed by atoms with van der Waals surface area (Å²) >= 11 is 0. The molecular formula is C110H120N2. The van der Waals surface area contributed by atoms with Gasteiger partial charge in [0.05, 0.1) is 16.8 Å². The highest BCUT2D eigenvalue weighted by molar-refractivity contribution is 5.89. The zero-order valence-corrected chi connectivity index (χ0v) is 72.1. The van der Waals surface area contributed by atoms with Crippen molar-refractivity contribution in [2.45, 2.75) is 213 Å². The van der Waals surface area contributed by atoms with E-state index in [9.17, 15) is 0 Å². The maximum absolute atomic E-state index is 2.42. The fraction of sp³-hybridized carbons (Fsp3) is 0.291. The van der Waals surface area contributed by atoms with E-state index in [1.54, 1.807) is 0 Å². The van der Waals surface area contributed by atoms with Crippen molar-refractivity contribution in [3.05, 3.63) is 388 Å². The second-order valence-corrected chi connectivity index (χ2v) is 36.9. The lowest BCUT2D eigenvalue weighted by Gasteiger charge is -2.48. The predicted molar refractivity (Wildman–Crippen MR) is 485 cm³/mol. The Bertz CT molecular complexity index is 5280. The van der Waals surface area contributed by atoms with Crippen LogP contribution in [-0.4, -0.2) is 0 Å². The molecule has 13 aromatic carbocycles. The van der Waals surface area contributed by atoms with E-state index in [-0.39, 0.29) is 32.5 Å². The van der Waals surface area contributed by atoms with Gasteiger partial charge in [0.15, 0.2) is 0 Å². The molecule has 0 radical (unpaired) electrons. The molecule has 3 aliphatic carbocycles. The molecule has 0 aromatic heterocycles. The van der Waals surface area contributed by atoms with Gasteiger partial charge in [-0.1, -0.05) is 345 Å². The molecule has 0 atom stereocenters. The van der Waals surface area contributed by atoms with Gasteiger partial charge in [-0.25, -0.2) is 0 Å². The van der Waals surface area contributed by atoms with E-state index in [1.165, 1.54) is 178 Å². The summed E-state index contributed by atoms with van der Waals surface area (Å²) in [5.74, 6) is 0. The fourth-order valence-corrected chi connectivity index (χ4v) is 17.8. The van der Waals surface area contributed by atoms with Crippen molar-refractivity contribution >= 4 is 34.1 Å². The second-order valence-electron chi connectivity index (χ2n) is 36.9. The van der Waals surface area contributed by atoms with Crippen LogP contribution in [-0.2, 0) is 32.5 Å².